The number of nitrogens with zero attached hydrogens (tertiary/aromatic N) is 3. The molecule has 1 radical (unpaired) electrons. The molecule has 0 amide bonds. The van der Waals surface area contributed by atoms with E-state index in [1.165, 1.54) is 6.07 Å². The van der Waals surface area contributed by atoms with Gasteiger partial charge < -0.3 is 19.6 Å². The van der Waals surface area contributed by atoms with Crippen molar-refractivity contribution in [1.29, 1.82) is 0 Å². The van der Waals surface area contributed by atoms with Crippen LogP contribution in [-0.2, 0) is 20.1 Å². The van der Waals surface area contributed by atoms with Gasteiger partial charge in [-0.2, -0.15) is 0 Å². The molecule has 7 heteroatoms. The molecule has 303 valence electrons. The average Bonchev–Trinajstić information content (AvgIpc) is 3.35. The Bertz CT molecular complexity index is 3150. The van der Waals surface area contributed by atoms with Crippen LogP contribution >= 0.6 is 0 Å². The first-order valence-electron chi connectivity index (χ1n) is 20.2. The van der Waals surface area contributed by atoms with E-state index in [0.29, 0.717) is 0 Å². The van der Waals surface area contributed by atoms with Crippen molar-refractivity contribution in [1.82, 2.24) is 15.0 Å². The van der Waals surface area contributed by atoms with Crippen molar-refractivity contribution in [2.45, 2.75) is 0 Å². The largest absolute Gasteiger partial charge is 0.521 e. The molecule has 1 N–H and O–H groups in total. The van der Waals surface area contributed by atoms with Crippen molar-refractivity contribution in [3.8, 4) is 89.5 Å². The Labute approximate surface area is 378 Å². The second kappa shape index (κ2) is 18.0. The van der Waals surface area contributed by atoms with Crippen LogP contribution < -0.4 is 4.74 Å². The molecule has 1 aliphatic heterocycles. The van der Waals surface area contributed by atoms with Gasteiger partial charge in [-0.25, -0.2) is 0 Å². The fourth-order valence-corrected chi connectivity index (χ4v) is 8.17. The Hall–Kier alpha value is -7.83. The smallest absolute Gasteiger partial charge is 0.247 e. The monoisotopic (exact) mass is 990 g/mol. The number of hydrogen-bond acceptors (Lipinski definition) is 5. The number of hydrogen-bond donors (Lipinski definition) is 1. The van der Waals surface area contributed by atoms with Crippen LogP contribution in [-0.4, -0.2) is 26.0 Å². The quantitative estimate of drug-likeness (QED) is 0.160. The third kappa shape index (κ3) is 8.07. The first kappa shape index (κ1) is 40.6. The Kier molecular flexibility index (Phi) is 11.6. The maximum Gasteiger partial charge on any atom is 0.247 e. The van der Waals surface area contributed by atoms with Crippen molar-refractivity contribution in [3.05, 3.63) is 225 Å². The van der Waals surface area contributed by atoms with Gasteiger partial charge in [-0.05, 0) is 91.9 Å². The van der Waals surface area contributed by atoms with Gasteiger partial charge in [-0.15, -0.1) is 54.6 Å². The zero-order valence-electron chi connectivity index (χ0n) is 33.6. The molecule has 0 saturated heterocycles. The fraction of sp³-hybridized carbons (Fsp3) is 0. The summed E-state index contributed by atoms with van der Waals surface area (Å²) in [6, 6.07) is 65.5. The maximum atomic E-state index is 10.2. The Morgan fingerprint density at radius 2 is 1.00 bits per heavy atom. The molecule has 11 rings (SSSR count). The van der Waals surface area contributed by atoms with E-state index in [2.05, 4.69) is 137 Å². The van der Waals surface area contributed by atoms with E-state index >= 15 is 0 Å². The van der Waals surface area contributed by atoms with Crippen LogP contribution in [0, 0.1) is 12.1 Å². The Morgan fingerprint density at radius 3 is 1.52 bits per heavy atom. The van der Waals surface area contributed by atoms with Gasteiger partial charge in [0, 0.05) is 84.6 Å². The van der Waals surface area contributed by atoms with Crippen molar-refractivity contribution < 1.29 is 34.7 Å². The summed E-state index contributed by atoms with van der Waals surface area (Å²) >= 11 is 0. The summed E-state index contributed by atoms with van der Waals surface area (Å²) in [5.74, 6) is 0.644. The molecule has 3 aromatic heterocycles. The molecular weight excluding hydrogens is 955 g/mol. The molecule has 7 aromatic carbocycles. The number of ether oxygens (including phenoxy) is 1. The number of carboxylic acid groups (broad SMARTS) is 1. The van der Waals surface area contributed by atoms with E-state index in [1.54, 1.807) is 18.2 Å². The number of carboxylic acids is 1. The first-order chi connectivity index (χ1) is 30.6. The van der Waals surface area contributed by atoms with E-state index < -0.39 is 5.97 Å². The van der Waals surface area contributed by atoms with Gasteiger partial charge in [-0.1, -0.05) is 108 Å². The van der Waals surface area contributed by atoms with E-state index in [1.807, 2.05) is 67.4 Å². The van der Waals surface area contributed by atoms with Gasteiger partial charge in [0.15, 0.2) is 0 Å². The van der Waals surface area contributed by atoms with Crippen LogP contribution in [0.15, 0.2) is 207 Å². The summed E-state index contributed by atoms with van der Waals surface area (Å²) in [5.41, 5.74) is 15.2. The van der Waals surface area contributed by atoms with Crippen LogP contribution in [0.5, 0.6) is 11.5 Å². The van der Waals surface area contributed by atoms with Crippen LogP contribution in [0.3, 0.4) is 0 Å². The summed E-state index contributed by atoms with van der Waals surface area (Å²) in [6.45, 7) is 0. The van der Waals surface area contributed by atoms with E-state index in [-0.39, 0.29) is 25.7 Å². The molecule has 63 heavy (non-hydrogen) atoms. The van der Waals surface area contributed by atoms with Gasteiger partial charge in [-0.3, -0.25) is 9.97 Å². The van der Waals surface area contributed by atoms with Crippen molar-refractivity contribution in [2.75, 3.05) is 0 Å². The van der Waals surface area contributed by atoms with Gasteiger partial charge in [0.1, 0.15) is 5.75 Å². The first-order valence-corrected chi connectivity index (χ1v) is 20.2. The summed E-state index contributed by atoms with van der Waals surface area (Å²) in [4.78, 5) is 24.2. The van der Waals surface area contributed by atoms with Crippen LogP contribution in [0.2, 0.25) is 0 Å². The summed E-state index contributed by atoms with van der Waals surface area (Å²) in [6.07, 6.45) is 9.51. The Morgan fingerprint density at radius 1 is 0.476 bits per heavy atom. The molecule has 0 bridgehead atoms. The topological polar surface area (TPSA) is 85.2 Å². The average molecular weight is 990 g/mol. The zero-order valence-corrected chi connectivity index (χ0v) is 36.0. The number of aromatic nitrogens is 3. The molecule has 10 aromatic rings. The molecule has 0 unspecified atom stereocenters. The predicted molar refractivity (Wildman–Crippen MR) is 247 cm³/mol. The maximum absolute atomic E-state index is 10.2. The fourth-order valence-electron chi connectivity index (χ4n) is 8.17. The summed E-state index contributed by atoms with van der Waals surface area (Å²) < 4.78 is 6.40. The molecule has 1 aliphatic rings. The number of rotatable bonds is 7. The van der Waals surface area contributed by atoms with Crippen molar-refractivity contribution in [3.63, 3.8) is 0 Å². The second-order valence-electron chi connectivity index (χ2n) is 14.7. The number of carbonyl (C=O) groups is 1. The number of benzene rings is 7. The molecule has 0 saturated carbocycles. The zero-order chi connectivity index (χ0) is 41.8. The standard InChI is InChI=1S/C49H30N3O.C7H5O2.Ir/c1-3-16-39(37(14-1)32-12-10-24-50-29-32)34-26-35(40-17-4-2-15-38(40)33-13-11-25-51-30-33)28-36(27-34)41-18-5-6-19-42(41)45-31-52-49-44-20-7-8-22-46(44)53-47-23-9-21-43(45)48(47)49;8-7(9)6-4-2-1-3-5-6;/h1-19,21-31H;1-4H,(H,8,9);/q2*-1;. The van der Waals surface area contributed by atoms with Gasteiger partial charge >= 0.3 is 0 Å². The molecular formula is C56H35IrN3O3-2. The molecule has 0 fully saturated rings. The predicted octanol–water partition coefficient (Wildman–Crippen LogP) is 13.8. The van der Waals surface area contributed by atoms with Crippen molar-refractivity contribution >= 4 is 16.7 Å². The normalized spacial score (nSPS) is 11.0. The third-order valence-corrected chi connectivity index (χ3v) is 11.0. The molecule has 6 nitrogen and oxygen atoms in total. The minimum absolute atomic E-state index is 0. The minimum Gasteiger partial charge on any atom is -0.521 e. The van der Waals surface area contributed by atoms with Crippen LogP contribution in [0.4, 0.5) is 0 Å². The van der Waals surface area contributed by atoms with Crippen LogP contribution in [0.25, 0.3) is 88.8 Å². The Balaban J connectivity index is 0.000000452. The number of fused-ring (bicyclic) bond motifs is 2. The molecule has 0 spiro atoms. The second-order valence-corrected chi connectivity index (χ2v) is 14.7. The van der Waals surface area contributed by atoms with E-state index in [9.17, 15) is 4.79 Å². The molecule has 0 atom stereocenters. The van der Waals surface area contributed by atoms with Gasteiger partial charge in [0.25, 0.3) is 0 Å². The van der Waals surface area contributed by atoms with Gasteiger partial charge in [0.05, 0.1) is 0 Å². The van der Waals surface area contributed by atoms with Crippen molar-refractivity contribution in [2.24, 2.45) is 0 Å². The number of pyridine rings is 3. The summed E-state index contributed by atoms with van der Waals surface area (Å²) in [5, 5.41) is 10.4. The van der Waals surface area contributed by atoms with Gasteiger partial charge in [0.2, 0.25) is 5.97 Å². The molecule has 4 heterocycles. The summed E-state index contributed by atoms with van der Waals surface area (Å²) in [7, 11) is 0. The number of aromatic carboxylic acids is 1. The third-order valence-electron chi connectivity index (χ3n) is 11.0. The SMILES string of the molecule is O=C(O)c1[c-]cccc1.[Ir].[c-]1cccc2c1-c1ncc(-c3ccccc3-c3cc(-c4ccccc4-c4cccnc4)cc(-c4ccccc4-c4cccnc4)c3)c3cccc(c13)O2. The van der Waals surface area contributed by atoms with E-state index in [4.69, 9.17) is 14.8 Å². The van der Waals surface area contributed by atoms with Crippen LogP contribution in [0.1, 0.15) is 10.4 Å². The molecule has 0 aliphatic carbocycles. The minimum atomic E-state index is -0.935. The van der Waals surface area contributed by atoms with E-state index in [0.717, 1.165) is 100 Å².